The average molecular weight is 263 g/mol. The molecule has 110 valence electrons. The van der Waals surface area contributed by atoms with Crippen LogP contribution in [-0.2, 0) is 0 Å². The van der Waals surface area contributed by atoms with Gasteiger partial charge in [-0.2, -0.15) is 0 Å². The highest BCUT2D eigenvalue weighted by molar-refractivity contribution is 5.01. The third-order valence-electron chi connectivity index (χ3n) is 4.04. The van der Waals surface area contributed by atoms with Crippen molar-refractivity contribution >= 4 is 0 Å². The molecule has 1 nitrogen and oxygen atoms in total. The summed E-state index contributed by atoms with van der Waals surface area (Å²) in [7, 11) is 0. The van der Waals surface area contributed by atoms with Crippen molar-refractivity contribution in [1.29, 1.82) is 0 Å². The van der Waals surface area contributed by atoms with E-state index >= 15 is 0 Å². The zero-order valence-electron chi connectivity index (χ0n) is 13.5. The van der Waals surface area contributed by atoms with E-state index in [2.05, 4.69) is 44.4 Å². The fourth-order valence-corrected chi connectivity index (χ4v) is 2.80. The van der Waals surface area contributed by atoms with Gasteiger partial charge in [-0.05, 0) is 37.8 Å². The molecule has 0 amide bonds. The zero-order chi connectivity index (χ0) is 14.1. The minimum Gasteiger partial charge on any atom is -0.302 e. The molecule has 0 aromatic heterocycles. The van der Waals surface area contributed by atoms with Crippen LogP contribution in [0.2, 0.25) is 0 Å². The van der Waals surface area contributed by atoms with Crippen LogP contribution >= 0.6 is 0 Å². The Kier molecular flexibility index (Phi) is 8.22. The highest BCUT2D eigenvalue weighted by Crippen LogP contribution is 2.23. The highest BCUT2D eigenvalue weighted by Gasteiger charge is 2.18. The second-order valence-corrected chi connectivity index (χ2v) is 6.84. The molecule has 0 aliphatic carbocycles. The molecule has 0 bridgehead atoms. The van der Waals surface area contributed by atoms with E-state index < -0.39 is 0 Å². The average Bonchev–Trinajstić information content (AvgIpc) is 2.36. The topological polar surface area (TPSA) is 3.24 Å². The van der Waals surface area contributed by atoms with Gasteiger partial charge in [-0.25, -0.2) is 0 Å². The van der Waals surface area contributed by atoms with Crippen molar-refractivity contribution in [2.75, 3.05) is 19.6 Å². The normalized spacial score (nSPS) is 17.8. The molecule has 1 heterocycles. The molecule has 0 saturated carbocycles. The van der Waals surface area contributed by atoms with Gasteiger partial charge in [0.2, 0.25) is 0 Å². The summed E-state index contributed by atoms with van der Waals surface area (Å²) in [5, 5.41) is 0. The van der Waals surface area contributed by atoms with Crippen LogP contribution in [0, 0.1) is 29.6 Å². The van der Waals surface area contributed by atoms with E-state index in [-0.39, 0.29) is 0 Å². The van der Waals surface area contributed by atoms with E-state index in [1.54, 1.807) is 0 Å². The molecule has 1 aliphatic rings. The fraction of sp³-hybridized carbons (Fsp3) is 0.889. The Morgan fingerprint density at radius 1 is 1.11 bits per heavy atom. The quantitative estimate of drug-likeness (QED) is 0.634. The predicted molar refractivity (Wildman–Crippen MR) is 85.1 cm³/mol. The van der Waals surface area contributed by atoms with Crippen molar-refractivity contribution in [2.45, 2.75) is 66.2 Å². The van der Waals surface area contributed by atoms with E-state index in [9.17, 15) is 0 Å². The van der Waals surface area contributed by atoms with Crippen LogP contribution in [0.1, 0.15) is 66.2 Å². The number of piperidine rings is 1. The van der Waals surface area contributed by atoms with E-state index in [1.807, 2.05) is 0 Å². The number of nitrogens with zero attached hydrogens (tertiary/aromatic N) is 1. The first-order valence-electron chi connectivity index (χ1n) is 8.28. The Balaban J connectivity index is 2.07. The minimum atomic E-state index is 0.520. The molecular weight excluding hydrogens is 230 g/mol. The van der Waals surface area contributed by atoms with Gasteiger partial charge in [-0.15, -0.1) is 11.8 Å². The summed E-state index contributed by atoms with van der Waals surface area (Å²) < 4.78 is 0. The van der Waals surface area contributed by atoms with Gasteiger partial charge in [0.25, 0.3) is 0 Å². The van der Waals surface area contributed by atoms with Crippen LogP contribution in [-0.4, -0.2) is 24.5 Å². The van der Waals surface area contributed by atoms with Crippen LogP contribution in [0.15, 0.2) is 0 Å². The Bertz CT molecular complexity index is 274. The number of hydrogen-bond acceptors (Lipinski definition) is 1. The van der Waals surface area contributed by atoms with Crippen LogP contribution in [0.25, 0.3) is 0 Å². The molecule has 19 heavy (non-hydrogen) atoms. The van der Waals surface area contributed by atoms with E-state index in [0.717, 1.165) is 18.3 Å². The maximum atomic E-state index is 3.30. The first kappa shape index (κ1) is 16.6. The standard InChI is InChI=1S/C18H33N/c1-16(2)8-5-6-13-19-14-11-18(12-15-19)10-7-9-17(3)4/h16-18H,6-7,9-15H2,1-4H3. The SMILES string of the molecule is CC(C)C#CCCN1CCC(CCCC(C)C)CC1. The summed E-state index contributed by atoms with van der Waals surface area (Å²) in [5.41, 5.74) is 0. The molecule has 0 unspecified atom stereocenters. The summed E-state index contributed by atoms with van der Waals surface area (Å²) in [6.45, 7) is 12.8. The van der Waals surface area contributed by atoms with Gasteiger partial charge in [-0.3, -0.25) is 0 Å². The Hall–Kier alpha value is -0.480. The number of hydrogen-bond donors (Lipinski definition) is 0. The van der Waals surface area contributed by atoms with Crippen LogP contribution in [0.3, 0.4) is 0 Å². The molecule has 1 fully saturated rings. The summed E-state index contributed by atoms with van der Waals surface area (Å²) >= 11 is 0. The fourth-order valence-electron chi connectivity index (χ4n) is 2.80. The van der Waals surface area contributed by atoms with Gasteiger partial charge < -0.3 is 4.90 Å². The van der Waals surface area contributed by atoms with Gasteiger partial charge in [0.05, 0.1) is 0 Å². The third-order valence-corrected chi connectivity index (χ3v) is 4.04. The van der Waals surface area contributed by atoms with Gasteiger partial charge in [0.15, 0.2) is 0 Å². The second kappa shape index (κ2) is 9.43. The van der Waals surface area contributed by atoms with E-state index in [0.29, 0.717) is 5.92 Å². The largest absolute Gasteiger partial charge is 0.302 e. The molecule has 0 spiro atoms. The lowest BCUT2D eigenvalue weighted by Gasteiger charge is -2.31. The van der Waals surface area contributed by atoms with E-state index in [1.165, 1.54) is 51.7 Å². The zero-order valence-corrected chi connectivity index (χ0v) is 13.5. The summed E-state index contributed by atoms with van der Waals surface area (Å²) in [6.07, 6.45) is 8.17. The van der Waals surface area contributed by atoms with Crippen molar-refractivity contribution in [1.82, 2.24) is 4.90 Å². The maximum absolute atomic E-state index is 3.30. The Morgan fingerprint density at radius 3 is 2.37 bits per heavy atom. The second-order valence-electron chi connectivity index (χ2n) is 6.84. The molecule has 0 N–H and O–H groups in total. The molecule has 1 saturated heterocycles. The smallest absolute Gasteiger partial charge is 0.0217 e. The molecule has 0 aromatic rings. The van der Waals surface area contributed by atoms with Gasteiger partial charge in [-0.1, -0.05) is 47.0 Å². The minimum absolute atomic E-state index is 0.520. The van der Waals surface area contributed by atoms with Gasteiger partial charge >= 0.3 is 0 Å². The monoisotopic (exact) mass is 263 g/mol. The lowest BCUT2D eigenvalue weighted by molar-refractivity contribution is 0.179. The molecule has 0 atom stereocenters. The van der Waals surface area contributed by atoms with Gasteiger partial charge in [0.1, 0.15) is 0 Å². The van der Waals surface area contributed by atoms with Crippen molar-refractivity contribution in [3.63, 3.8) is 0 Å². The van der Waals surface area contributed by atoms with Crippen molar-refractivity contribution in [2.24, 2.45) is 17.8 Å². The molecular formula is C18H33N. The van der Waals surface area contributed by atoms with Crippen LogP contribution in [0.4, 0.5) is 0 Å². The Labute approximate surface area is 121 Å². The van der Waals surface area contributed by atoms with Gasteiger partial charge in [0, 0.05) is 18.9 Å². The molecule has 0 aromatic carbocycles. The van der Waals surface area contributed by atoms with Crippen molar-refractivity contribution in [3.8, 4) is 11.8 Å². The number of rotatable bonds is 6. The lowest BCUT2D eigenvalue weighted by Crippen LogP contribution is -2.34. The first-order chi connectivity index (χ1) is 9.08. The molecule has 1 aliphatic heterocycles. The Morgan fingerprint density at radius 2 is 1.79 bits per heavy atom. The van der Waals surface area contributed by atoms with Crippen molar-refractivity contribution < 1.29 is 0 Å². The number of likely N-dealkylation sites (tertiary alicyclic amines) is 1. The molecule has 0 radical (unpaired) electrons. The third kappa shape index (κ3) is 8.32. The van der Waals surface area contributed by atoms with Crippen LogP contribution < -0.4 is 0 Å². The maximum Gasteiger partial charge on any atom is 0.0217 e. The molecule has 1 heteroatoms. The first-order valence-corrected chi connectivity index (χ1v) is 8.28. The summed E-state index contributed by atoms with van der Waals surface area (Å²) in [4.78, 5) is 2.61. The highest BCUT2D eigenvalue weighted by atomic mass is 15.1. The summed E-state index contributed by atoms with van der Waals surface area (Å²) in [6, 6.07) is 0. The predicted octanol–water partition coefficient (Wildman–Crippen LogP) is 4.57. The van der Waals surface area contributed by atoms with Crippen molar-refractivity contribution in [3.05, 3.63) is 0 Å². The summed E-state index contributed by atoms with van der Waals surface area (Å²) in [5.74, 6) is 8.95. The molecule has 1 rings (SSSR count). The van der Waals surface area contributed by atoms with E-state index in [4.69, 9.17) is 0 Å². The lowest BCUT2D eigenvalue weighted by atomic mass is 9.90. The van der Waals surface area contributed by atoms with Crippen LogP contribution in [0.5, 0.6) is 0 Å².